The molecule has 1 saturated heterocycles. The van der Waals surface area contributed by atoms with Crippen LogP contribution in [0.4, 0.5) is 13.2 Å². The van der Waals surface area contributed by atoms with Gasteiger partial charge in [0.05, 0.1) is 12.2 Å². The Balaban J connectivity index is 1.19. The van der Waals surface area contributed by atoms with Gasteiger partial charge in [0.25, 0.3) is 5.91 Å². The largest absolute Gasteiger partial charge is 0.493 e. The van der Waals surface area contributed by atoms with E-state index in [1.165, 1.54) is 12.1 Å². The first kappa shape index (κ1) is 25.8. The number of benzene rings is 2. The molecule has 36 heavy (non-hydrogen) atoms. The maximum Gasteiger partial charge on any atom is 0.416 e. The molecule has 2 heterocycles. The Hall–Kier alpha value is -3.33. The highest BCUT2D eigenvalue weighted by atomic mass is 19.4. The van der Waals surface area contributed by atoms with Crippen LogP contribution in [-0.2, 0) is 6.18 Å². The maximum absolute atomic E-state index is 12.7. The van der Waals surface area contributed by atoms with Crippen LogP contribution in [0.15, 0.2) is 53.8 Å². The molecule has 0 radical (unpaired) electrons. The van der Waals surface area contributed by atoms with Gasteiger partial charge in [-0.3, -0.25) is 9.59 Å². The van der Waals surface area contributed by atoms with Gasteiger partial charge in [-0.25, -0.2) is 0 Å². The zero-order valence-electron chi connectivity index (χ0n) is 20.3. The van der Waals surface area contributed by atoms with E-state index in [0.29, 0.717) is 29.4 Å². The fourth-order valence-corrected chi connectivity index (χ4v) is 4.39. The molecule has 0 bridgehead atoms. The number of fused-ring (bicyclic) bond motifs is 1. The zero-order chi connectivity index (χ0) is 25.9. The van der Waals surface area contributed by atoms with Crippen LogP contribution in [0.1, 0.15) is 59.4 Å². The van der Waals surface area contributed by atoms with Crippen LogP contribution < -0.4 is 14.8 Å². The van der Waals surface area contributed by atoms with Crippen molar-refractivity contribution in [1.82, 2.24) is 10.2 Å². The third kappa shape index (κ3) is 5.90. The van der Waals surface area contributed by atoms with Crippen molar-refractivity contribution in [3.63, 3.8) is 0 Å². The summed E-state index contributed by atoms with van der Waals surface area (Å²) in [5.74, 6) is 0.892. The molecule has 2 aliphatic rings. The molecule has 0 saturated carbocycles. The van der Waals surface area contributed by atoms with Crippen molar-refractivity contribution in [3.05, 3.63) is 70.5 Å². The molecule has 0 aliphatic carbocycles. The van der Waals surface area contributed by atoms with Crippen molar-refractivity contribution in [2.75, 3.05) is 26.2 Å². The number of carbonyl (C=O) groups excluding carboxylic acids is 2. The average Bonchev–Trinajstić information content (AvgIpc) is 3.20. The highest BCUT2D eigenvalue weighted by Crippen LogP contribution is 2.38. The highest BCUT2D eigenvalue weighted by Gasteiger charge is 2.32. The highest BCUT2D eigenvalue weighted by molar-refractivity contribution is 6.14. The van der Waals surface area contributed by atoms with E-state index in [1.807, 2.05) is 13.8 Å². The molecule has 0 aromatic heterocycles. The number of hydrogen-bond donors (Lipinski definition) is 1. The van der Waals surface area contributed by atoms with E-state index < -0.39 is 11.7 Å². The number of piperidine rings is 1. The second-order valence-corrected chi connectivity index (χ2v) is 9.26. The van der Waals surface area contributed by atoms with Gasteiger partial charge in [0.1, 0.15) is 17.1 Å². The number of rotatable bonds is 7. The predicted molar refractivity (Wildman–Crippen MR) is 128 cm³/mol. The number of likely N-dealkylation sites (tertiary alicyclic amines) is 1. The number of carbonyl (C=O) groups is 2. The van der Waals surface area contributed by atoms with E-state index in [2.05, 4.69) is 10.2 Å². The fraction of sp³-hybridized carbons (Fsp3) is 0.407. The fourth-order valence-electron chi connectivity index (χ4n) is 4.39. The topological polar surface area (TPSA) is 67.9 Å². The Morgan fingerprint density at radius 3 is 2.44 bits per heavy atom. The molecule has 2 aromatic carbocycles. The minimum atomic E-state index is -4.42. The van der Waals surface area contributed by atoms with Crippen LogP contribution in [0.5, 0.6) is 11.5 Å². The average molecular weight is 503 g/mol. The van der Waals surface area contributed by atoms with Crippen LogP contribution in [0, 0.1) is 0 Å². The molecule has 1 N–H and O–H groups in total. The Kier molecular flexibility index (Phi) is 7.68. The summed E-state index contributed by atoms with van der Waals surface area (Å²) in [6, 6.07) is 9.58. The normalized spacial score (nSPS) is 16.5. The summed E-state index contributed by atoms with van der Waals surface area (Å²) in [6.45, 7) is 6.55. The van der Waals surface area contributed by atoms with Crippen molar-refractivity contribution in [2.24, 2.45) is 0 Å². The van der Waals surface area contributed by atoms with Crippen LogP contribution in [-0.4, -0.2) is 48.9 Å². The number of nitrogens with zero attached hydrogens (tertiary/aromatic N) is 1. The van der Waals surface area contributed by atoms with Crippen molar-refractivity contribution >= 4 is 11.7 Å². The van der Waals surface area contributed by atoms with E-state index in [-0.39, 0.29) is 23.3 Å². The lowest BCUT2D eigenvalue weighted by molar-refractivity contribution is -0.137. The lowest BCUT2D eigenvalue weighted by Gasteiger charge is -2.32. The molecule has 0 unspecified atom stereocenters. The van der Waals surface area contributed by atoms with Crippen molar-refractivity contribution in [3.8, 4) is 11.5 Å². The number of hydrogen-bond acceptors (Lipinski definition) is 5. The minimum Gasteiger partial charge on any atom is -0.493 e. The standard InChI is InChI=1S/C27H29F3N2O4/c1-17(2)25-24(33)23-21(5-3-6-22(23)36-25)35-16-4-13-32-14-11-20(12-15-32)31-26(34)18-7-9-19(10-8-18)27(28,29)30/h3,5-10,20H,4,11-16H2,1-2H3,(H,31,34). The number of amides is 1. The molecular weight excluding hydrogens is 473 g/mol. The molecule has 1 fully saturated rings. The number of ether oxygens (including phenoxy) is 2. The zero-order valence-corrected chi connectivity index (χ0v) is 20.3. The number of allylic oxidation sites excluding steroid dienone is 2. The summed E-state index contributed by atoms with van der Waals surface area (Å²) in [5.41, 5.74) is 0.737. The van der Waals surface area contributed by atoms with E-state index in [0.717, 1.165) is 56.6 Å². The summed E-state index contributed by atoms with van der Waals surface area (Å²) >= 11 is 0. The first-order valence-corrected chi connectivity index (χ1v) is 12.0. The monoisotopic (exact) mass is 502 g/mol. The lowest BCUT2D eigenvalue weighted by atomic mass is 10.0. The Bertz CT molecular complexity index is 1150. The van der Waals surface area contributed by atoms with Gasteiger partial charge >= 0.3 is 6.18 Å². The van der Waals surface area contributed by atoms with Crippen LogP contribution >= 0.6 is 0 Å². The summed E-state index contributed by atoms with van der Waals surface area (Å²) in [6.07, 6.45) is -2.13. The predicted octanol–water partition coefficient (Wildman–Crippen LogP) is 5.24. The SMILES string of the molecule is CC(C)=C1Oc2cccc(OCCCN3CCC(NC(=O)c4ccc(C(F)(F)F)cc4)CC3)c2C1=O. The van der Waals surface area contributed by atoms with Gasteiger partial charge in [-0.05, 0) is 75.1 Å². The van der Waals surface area contributed by atoms with Crippen molar-refractivity contribution < 1.29 is 32.2 Å². The van der Waals surface area contributed by atoms with E-state index in [4.69, 9.17) is 9.47 Å². The number of nitrogens with one attached hydrogen (secondary N) is 1. The third-order valence-electron chi connectivity index (χ3n) is 6.36. The first-order valence-electron chi connectivity index (χ1n) is 12.0. The maximum atomic E-state index is 12.7. The van der Waals surface area contributed by atoms with Crippen LogP contribution in [0.25, 0.3) is 0 Å². The third-order valence-corrected chi connectivity index (χ3v) is 6.36. The number of Topliss-reactive ketones (excluding diaryl/α,β-unsaturated/α-hetero) is 1. The van der Waals surface area contributed by atoms with Gasteiger partial charge in [-0.15, -0.1) is 0 Å². The van der Waals surface area contributed by atoms with Gasteiger partial charge in [-0.1, -0.05) is 6.07 Å². The Labute approximate surface area is 208 Å². The molecule has 0 atom stereocenters. The van der Waals surface area contributed by atoms with Gasteiger partial charge in [-0.2, -0.15) is 13.2 Å². The molecule has 2 aromatic rings. The molecule has 4 rings (SSSR count). The number of alkyl halides is 3. The molecule has 0 spiro atoms. The summed E-state index contributed by atoms with van der Waals surface area (Å²) in [7, 11) is 0. The van der Waals surface area contributed by atoms with Crippen molar-refractivity contribution in [2.45, 2.75) is 45.3 Å². The number of ketones is 1. The smallest absolute Gasteiger partial charge is 0.416 e. The molecule has 192 valence electrons. The molecule has 2 aliphatic heterocycles. The minimum absolute atomic E-state index is 0.0190. The quantitative estimate of drug-likeness (QED) is 0.415. The van der Waals surface area contributed by atoms with E-state index >= 15 is 0 Å². The van der Waals surface area contributed by atoms with E-state index in [1.54, 1.807) is 18.2 Å². The summed E-state index contributed by atoms with van der Waals surface area (Å²) in [4.78, 5) is 27.3. The van der Waals surface area contributed by atoms with Gasteiger partial charge < -0.3 is 19.7 Å². The van der Waals surface area contributed by atoms with Crippen molar-refractivity contribution in [1.29, 1.82) is 0 Å². The molecule has 1 amide bonds. The number of halogens is 3. The van der Waals surface area contributed by atoms with E-state index in [9.17, 15) is 22.8 Å². The van der Waals surface area contributed by atoms with Crippen LogP contribution in [0.3, 0.4) is 0 Å². The van der Waals surface area contributed by atoms with Gasteiger partial charge in [0, 0.05) is 31.2 Å². The summed E-state index contributed by atoms with van der Waals surface area (Å²) in [5, 5.41) is 2.92. The Morgan fingerprint density at radius 2 is 1.81 bits per heavy atom. The molecule has 6 nitrogen and oxygen atoms in total. The molecular formula is C27H29F3N2O4. The van der Waals surface area contributed by atoms with Gasteiger partial charge in [0.15, 0.2) is 5.76 Å². The Morgan fingerprint density at radius 1 is 1.11 bits per heavy atom. The summed E-state index contributed by atoms with van der Waals surface area (Å²) < 4.78 is 49.7. The lowest BCUT2D eigenvalue weighted by Crippen LogP contribution is -2.45. The van der Waals surface area contributed by atoms with Gasteiger partial charge in [0.2, 0.25) is 5.78 Å². The second kappa shape index (κ2) is 10.7. The first-order chi connectivity index (χ1) is 17.1. The molecule has 9 heteroatoms. The second-order valence-electron chi connectivity index (χ2n) is 9.26. The van der Waals surface area contributed by atoms with Crippen LogP contribution in [0.2, 0.25) is 0 Å².